The number of pyridine rings is 1. The van der Waals surface area contributed by atoms with Crippen molar-refractivity contribution in [1.82, 2.24) is 14.5 Å². The van der Waals surface area contributed by atoms with Crippen molar-refractivity contribution in [2.45, 2.75) is 59.3 Å². The number of phenols is 1. The second-order valence-electron chi connectivity index (χ2n) is 19.8. The third kappa shape index (κ3) is 9.71. The SMILES string of the molecule is [2H]C(C)(C)c1cc(-c2ccccc2)c(-n2c(-c3cc(C(C)C)cc(C(C)C)c3O)nc3c(-c4[c-]c(-c5cc(-c6ccc(-c7ccccc7)cc6)ccn5)cc(-c5ccccc5)c4)cccc32)cc1-c1ccccc1.[Pt]. The smallest absolute Gasteiger partial charge is 0.148 e. The number of aromatic nitrogens is 3. The van der Waals surface area contributed by atoms with E-state index in [1.807, 2.05) is 44.3 Å². The molecule has 0 fully saturated rings. The van der Waals surface area contributed by atoms with Crippen LogP contribution in [0.3, 0.4) is 0 Å². The Labute approximate surface area is 451 Å². The van der Waals surface area contributed by atoms with Gasteiger partial charge in [-0.25, -0.2) is 4.98 Å². The first-order chi connectivity index (χ1) is 35.9. The first-order valence-corrected chi connectivity index (χ1v) is 25.3. The maximum Gasteiger partial charge on any atom is 0.148 e. The maximum atomic E-state index is 12.6. The van der Waals surface area contributed by atoms with Crippen LogP contribution in [0.25, 0.3) is 106 Å². The van der Waals surface area contributed by atoms with Gasteiger partial charge < -0.3 is 5.11 Å². The van der Waals surface area contributed by atoms with Gasteiger partial charge in [0.05, 0.1) is 22.3 Å². The van der Waals surface area contributed by atoms with E-state index in [0.717, 1.165) is 100 Å². The van der Waals surface area contributed by atoms with Gasteiger partial charge in [0.1, 0.15) is 11.6 Å². The van der Waals surface area contributed by atoms with Crippen LogP contribution in [0.4, 0.5) is 0 Å². The second kappa shape index (κ2) is 21.3. The minimum Gasteiger partial charge on any atom is -0.507 e. The monoisotopic (exact) mass is 1140 g/mol. The quantitative estimate of drug-likeness (QED) is 0.124. The summed E-state index contributed by atoms with van der Waals surface area (Å²) in [6, 6.07) is 78.0. The average molecular weight is 1140 g/mol. The van der Waals surface area contributed by atoms with Crippen molar-refractivity contribution < 1.29 is 27.5 Å². The van der Waals surface area contributed by atoms with Crippen LogP contribution in [-0.4, -0.2) is 19.6 Å². The molecule has 0 aliphatic heterocycles. The van der Waals surface area contributed by atoms with Crippen LogP contribution in [0.1, 0.15) is 77.3 Å². The molecule has 4 nitrogen and oxygen atoms in total. The van der Waals surface area contributed by atoms with Crippen LogP contribution in [0.2, 0.25) is 0 Å². The first-order valence-electron chi connectivity index (χ1n) is 25.8. The summed E-state index contributed by atoms with van der Waals surface area (Å²) in [4.78, 5) is 10.7. The van der Waals surface area contributed by atoms with Crippen LogP contribution in [-0.2, 0) is 21.1 Å². The number of fused-ring (bicyclic) bond motifs is 1. The zero-order chi connectivity index (χ0) is 51.1. The molecule has 0 amide bonds. The van der Waals surface area contributed by atoms with Gasteiger partial charge in [-0.2, -0.15) is 0 Å². The van der Waals surface area contributed by atoms with Crippen molar-refractivity contribution in [3.05, 3.63) is 241 Å². The van der Waals surface area contributed by atoms with E-state index in [1.165, 1.54) is 11.1 Å². The Morgan fingerprint density at radius 3 is 1.61 bits per heavy atom. The van der Waals surface area contributed by atoms with Crippen molar-refractivity contribution in [2.75, 3.05) is 0 Å². The molecule has 0 unspecified atom stereocenters. The molecule has 0 saturated heterocycles. The molecule has 0 bridgehead atoms. The molecule has 2 aromatic heterocycles. The summed E-state index contributed by atoms with van der Waals surface area (Å²) >= 11 is 0. The van der Waals surface area contributed by atoms with Crippen LogP contribution < -0.4 is 0 Å². The molecule has 0 aliphatic rings. The van der Waals surface area contributed by atoms with Crippen molar-refractivity contribution in [3.63, 3.8) is 0 Å². The van der Waals surface area contributed by atoms with Crippen LogP contribution in [0.5, 0.6) is 5.75 Å². The van der Waals surface area contributed by atoms with Crippen molar-refractivity contribution in [3.8, 4) is 101 Å². The number of rotatable bonds is 12. The summed E-state index contributed by atoms with van der Waals surface area (Å²) in [6.45, 7) is 12.6. The summed E-state index contributed by atoms with van der Waals surface area (Å²) in [7, 11) is 0. The fourth-order valence-electron chi connectivity index (χ4n) is 10.2. The summed E-state index contributed by atoms with van der Waals surface area (Å²) in [5.74, 6) is 0.151. The zero-order valence-electron chi connectivity index (χ0n) is 43.5. The minimum atomic E-state index is -0.936. The molecule has 2 heterocycles. The van der Waals surface area contributed by atoms with Gasteiger partial charge in [0.15, 0.2) is 0 Å². The number of benzene rings is 9. The van der Waals surface area contributed by atoms with Gasteiger partial charge in [-0.3, -0.25) is 9.55 Å². The number of nitrogens with zero attached hydrogens (tertiary/aromatic N) is 3. The molecule has 5 heteroatoms. The van der Waals surface area contributed by atoms with E-state index in [4.69, 9.17) is 9.97 Å². The van der Waals surface area contributed by atoms with E-state index < -0.39 is 5.89 Å². The topological polar surface area (TPSA) is 50.9 Å². The number of para-hydroxylation sites is 1. The van der Waals surface area contributed by atoms with Crippen molar-refractivity contribution in [2.24, 2.45) is 0 Å². The number of phenolic OH excluding ortho intramolecular Hbond substituents is 1. The van der Waals surface area contributed by atoms with Gasteiger partial charge in [-0.05, 0) is 109 Å². The number of aromatic hydroxyl groups is 1. The number of hydrogen-bond donors (Lipinski definition) is 1. The van der Waals surface area contributed by atoms with Gasteiger partial charge >= 0.3 is 0 Å². The molecule has 0 radical (unpaired) electrons. The predicted octanol–water partition coefficient (Wildman–Crippen LogP) is 18.6. The number of hydrogen-bond acceptors (Lipinski definition) is 3. The molecule has 0 spiro atoms. The zero-order valence-corrected chi connectivity index (χ0v) is 44.8. The summed E-state index contributed by atoms with van der Waals surface area (Å²) < 4.78 is 11.8. The van der Waals surface area contributed by atoms with E-state index in [0.29, 0.717) is 11.4 Å². The van der Waals surface area contributed by atoms with Crippen molar-refractivity contribution in [1.29, 1.82) is 0 Å². The molecule has 11 aromatic rings. The van der Waals surface area contributed by atoms with Gasteiger partial charge in [0.2, 0.25) is 0 Å². The molecule has 74 heavy (non-hydrogen) atoms. The van der Waals surface area contributed by atoms with E-state index in [-0.39, 0.29) is 38.7 Å². The van der Waals surface area contributed by atoms with Gasteiger partial charge in [0.25, 0.3) is 0 Å². The fraction of sp³-hybridized carbons (Fsp3) is 0.130. The van der Waals surface area contributed by atoms with Gasteiger partial charge in [-0.15, -0.1) is 23.8 Å². The maximum absolute atomic E-state index is 12.6. The average Bonchev–Trinajstić information content (AvgIpc) is 3.87. The second-order valence-corrected chi connectivity index (χ2v) is 19.8. The Kier molecular flexibility index (Phi) is 13.9. The van der Waals surface area contributed by atoms with E-state index in [2.05, 4.69) is 226 Å². The molecule has 366 valence electrons. The van der Waals surface area contributed by atoms with E-state index in [1.54, 1.807) is 0 Å². The Morgan fingerprint density at radius 2 is 1.01 bits per heavy atom. The van der Waals surface area contributed by atoms with Gasteiger partial charge in [-0.1, -0.05) is 228 Å². The largest absolute Gasteiger partial charge is 0.507 e. The van der Waals surface area contributed by atoms with Crippen molar-refractivity contribution >= 4 is 11.0 Å². The third-order valence-corrected chi connectivity index (χ3v) is 14.1. The summed E-state index contributed by atoms with van der Waals surface area (Å²) in [5, 5.41) is 12.6. The Morgan fingerprint density at radius 1 is 0.459 bits per heavy atom. The predicted molar refractivity (Wildman–Crippen MR) is 305 cm³/mol. The normalized spacial score (nSPS) is 11.8. The Bertz CT molecular complexity index is 3810. The Balaban J connectivity index is 0.00000641. The molecular formula is C69H58N3OPt-. The third-order valence-electron chi connectivity index (χ3n) is 14.1. The standard InChI is InChI=1S/C69H58N3O.Pt/c1-44(2)54-39-60(46(5)6)68(73)63(40-54)69-71-67-58(28-19-29-65(67)72(69)66-43-61(51-24-15-9-16-25-51)59(45(3)4)42-62(66)52-26-17-10-18-27-52)56-36-55(48-22-13-8-14-23-48)37-57(38-56)64-41-53(34-35-70-64)50-32-30-49(31-33-50)47-20-11-7-12-21-47;/h7-37,39-46,73H,1-6H3;/q-1;/i45D;. The fourth-order valence-corrected chi connectivity index (χ4v) is 10.2. The Hall–Kier alpha value is -7.91. The van der Waals surface area contributed by atoms with Crippen LogP contribution in [0, 0.1) is 6.07 Å². The minimum absolute atomic E-state index is 0. The molecule has 9 aromatic carbocycles. The molecule has 11 rings (SSSR count). The molecule has 0 saturated carbocycles. The van der Waals surface area contributed by atoms with E-state index in [9.17, 15) is 6.48 Å². The molecule has 0 aliphatic carbocycles. The summed E-state index contributed by atoms with van der Waals surface area (Å²) in [5.41, 5.74) is 20.1. The molecule has 0 atom stereocenters. The van der Waals surface area contributed by atoms with Gasteiger partial charge in [0, 0.05) is 39.9 Å². The van der Waals surface area contributed by atoms with Crippen LogP contribution in [0.15, 0.2) is 219 Å². The van der Waals surface area contributed by atoms with E-state index >= 15 is 0 Å². The molecule has 1 N–H and O–H groups in total. The van der Waals surface area contributed by atoms with Crippen LogP contribution >= 0.6 is 0 Å². The molecular weight excluding hydrogens is 1080 g/mol. The first kappa shape index (κ1) is 48.4. The summed E-state index contributed by atoms with van der Waals surface area (Å²) in [6.07, 6.45) is 1.89. The number of imidazole rings is 1.